The Morgan fingerprint density at radius 3 is 2.40 bits per heavy atom. The first-order chi connectivity index (χ1) is 19.3. The molecule has 1 aromatic heterocycles. The fourth-order valence-corrected chi connectivity index (χ4v) is 5.90. The van der Waals surface area contributed by atoms with Gasteiger partial charge in [-0.25, -0.2) is 18.2 Å². The largest absolute Gasteiger partial charge is 0.379 e. The molecule has 2 aromatic rings. The molecule has 1 atom stereocenters. The Morgan fingerprint density at radius 1 is 1.07 bits per heavy atom. The molecule has 3 aliphatic rings. The zero-order valence-electron chi connectivity index (χ0n) is 22.4. The summed E-state index contributed by atoms with van der Waals surface area (Å²) in [5.41, 5.74) is -0.307. The number of imidazole rings is 1. The van der Waals surface area contributed by atoms with Gasteiger partial charge in [0.05, 0.1) is 18.5 Å². The average Bonchev–Trinajstić information content (AvgIpc) is 3.59. The molecule has 4 N–H and O–H groups in total. The minimum atomic E-state index is -1.10. The number of aromatic nitrogens is 2. The number of rotatable bonds is 9. The van der Waals surface area contributed by atoms with E-state index in [1.165, 1.54) is 6.42 Å². The average molecular weight is 560 g/mol. The number of anilines is 3. The van der Waals surface area contributed by atoms with Crippen LogP contribution >= 0.6 is 0 Å². The highest BCUT2D eigenvalue weighted by atomic mass is 19.1. The fraction of sp³-hybridized carbons (Fsp3) is 0.536. The number of halogens is 3. The first-order valence-corrected chi connectivity index (χ1v) is 14.0. The van der Waals surface area contributed by atoms with Crippen LogP contribution in [0.1, 0.15) is 63.1 Å². The van der Waals surface area contributed by atoms with Crippen LogP contribution in [-0.4, -0.2) is 58.9 Å². The van der Waals surface area contributed by atoms with Crippen LogP contribution < -0.4 is 16.0 Å². The van der Waals surface area contributed by atoms with Crippen molar-refractivity contribution >= 4 is 29.6 Å². The first kappa shape index (κ1) is 28.0. The van der Waals surface area contributed by atoms with E-state index in [2.05, 4.69) is 27.5 Å². The van der Waals surface area contributed by atoms with Gasteiger partial charge in [0.25, 0.3) is 0 Å². The summed E-state index contributed by atoms with van der Waals surface area (Å²) in [5, 5.41) is 17.2. The van der Waals surface area contributed by atoms with E-state index in [1.54, 1.807) is 4.57 Å². The third-order valence-corrected chi connectivity index (χ3v) is 7.98. The van der Waals surface area contributed by atoms with Crippen molar-refractivity contribution in [2.75, 3.05) is 36.9 Å². The highest BCUT2D eigenvalue weighted by Crippen LogP contribution is 2.34. The van der Waals surface area contributed by atoms with Gasteiger partial charge in [-0.1, -0.05) is 6.58 Å². The molecule has 1 saturated carbocycles. The van der Waals surface area contributed by atoms with Crippen molar-refractivity contribution in [2.24, 2.45) is 5.92 Å². The Kier molecular flexibility index (Phi) is 8.63. The Morgan fingerprint density at radius 2 is 1.77 bits per heavy atom. The van der Waals surface area contributed by atoms with Crippen molar-refractivity contribution in [3.05, 3.63) is 47.7 Å². The molecular weight excluding hydrogens is 523 g/mol. The topological polar surface area (TPSA) is 107 Å². The lowest BCUT2D eigenvalue weighted by Gasteiger charge is -2.34. The smallest absolute Gasteiger partial charge is 0.225 e. The molecule has 2 aliphatic heterocycles. The van der Waals surface area contributed by atoms with Gasteiger partial charge in [-0.15, -0.1) is 0 Å². The number of hydrogen-bond acceptors (Lipinski definition) is 7. The summed E-state index contributed by atoms with van der Waals surface area (Å²) in [7, 11) is 0. The zero-order valence-corrected chi connectivity index (χ0v) is 22.4. The third-order valence-electron chi connectivity index (χ3n) is 7.98. The summed E-state index contributed by atoms with van der Waals surface area (Å²) in [6, 6.07) is 1.09. The van der Waals surface area contributed by atoms with E-state index in [9.17, 15) is 18.0 Å². The number of likely N-dealkylation sites (tertiary alicyclic amines) is 1. The molecule has 1 aromatic carbocycles. The lowest BCUT2D eigenvalue weighted by Crippen LogP contribution is -2.43. The second-order valence-corrected chi connectivity index (χ2v) is 10.8. The highest BCUT2D eigenvalue weighted by Gasteiger charge is 2.31. The predicted molar refractivity (Wildman–Crippen MR) is 146 cm³/mol. The summed E-state index contributed by atoms with van der Waals surface area (Å²) in [6.45, 7) is 6.70. The number of carbonyl (C=O) groups excluding carboxylic acids is 1. The van der Waals surface area contributed by atoms with Gasteiger partial charge < -0.3 is 31.0 Å². The summed E-state index contributed by atoms with van der Waals surface area (Å²) < 4.78 is 49.6. The molecule has 216 valence electrons. The van der Waals surface area contributed by atoms with E-state index in [0.29, 0.717) is 43.4 Å². The number of piperidine rings is 1. The van der Waals surface area contributed by atoms with Gasteiger partial charge >= 0.3 is 0 Å². The van der Waals surface area contributed by atoms with Crippen molar-refractivity contribution in [3.63, 3.8) is 0 Å². The summed E-state index contributed by atoms with van der Waals surface area (Å²) in [4.78, 5) is 19.3. The number of ether oxygens (including phenoxy) is 1. The molecule has 0 bridgehead atoms. The molecule has 1 amide bonds. The summed E-state index contributed by atoms with van der Waals surface area (Å²) >= 11 is 0. The van der Waals surface area contributed by atoms with Crippen LogP contribution in [0.4, 0.5) is 30.6 Å². The van der Waals surface area contributed by atoms with E-state index >= 15 is 0 Å². The number of nitrogens with zero attached hydrogens (tertiary/aromatic N) is 3. The van der Waals surface area contributed by atoms with Crippen LogP contribution in [0.2, 0.25) is 0 Å². The maximum Gasteiger partial charge on any atom is 0.225 e. The molecular formula is C28H36F3N7O2. The Bertz CT molecular complexity index is 1220. The number of carbonyl (C=O) groups is 1. The minimum Gasteiger partial charge on any atom is -0.379 e. The molecule has 2 saturated heterocycles. The lowest BCUT2D eigenvalue weighted by molar-refractivity contribution is -0.137. The molecule has 9 nitrogen and oxygen atoms in total. The van der Waals surface area contributed by atoms with Crippen LogP contribution in [0, 0.1) is 28.8 Å². The molecule has 12 heteroatoms. The normalized spacial score (nSPS) is 23.1. The molecule has 0 radical (unpaired) electrons. The monoisotopic (exact) mass is 559 g/mol. The van der Waals surface area contributed by atoms with E-state index in [4.69, 9.17) is 10.1 Å². The minimum absolute atomic E-state index is 0.0616. The van der Waals surface area contributed by atoms with Crippen LogP contribution in [-0.2, 0) is 9.53 Å². The molecule has 3 heterocycles. The molecule has 0 unspecified atom stereocenters. The van der Waals surface area contributed by atoms with Crippen molar-refractivity contribution in [2.45, 2.75) is 63.5 Å². The maximum absolute atomic E-state index is 14.4. The number of benzene rings is 1. The van der Waals surface area contributed by atoms with Gasteiger partial charge in [-0.2, -0.15) is 0 Å². The van der Waals surface area contributed by atoms with Crippen LogP contribution in [0.15, 0.2) is 24.5 Å². The van der Waals surface area contributed by atoms with E-state index in [-0.39, 0.29) is 35.6 Å². The molecule has 1 aliphatic carbocycles. The van der Waals surface area contributed by atoms with Crippen molar-refractivity contribution in [3.8, 4) is 0 Å². The second-order valence-electron chi connectivity index (χ2n) is 10.8. The SMILES string of the molecule is C=C(Nc1c(C=N)nc(Nc2c(F)cc(F)cc2F)n1[C@H]1CCOC1)NC1CCC(C(=O)N2CCCCC2)CC1. The Labute approximate surface area is 231 Å². The first-order valence-electron chi connectivity index (χ1n) is 14.0. The maximum atomic E-state index is 14.4. The lowest BCUT2D eigenvalue weighted by atomic mass is 9.85. The molecule has 5 rings (SSSR count). The third kappa shape index (κ3) is 6.11. The van der Waals surface area contributed by atoms with Gasteiger partial charge in [0, 0.05) is 50.0 Å². The molecule has 40 heavy (non-hydrogen) atoms. The molecule has 3 fully saturated rings. The van der Waals surface area contributed by atoms with E-state index < -0.39 is 23.1 Å². The zero-order chi connectivity index (χ0) is 28.2. The molecule has 0 spiro atoms. The van der Waals surface area contributed by atoms with Gasteiger partial charge in [-0.05, 0) is 51.4 Å². The van der Waals surface area contributed by atoms with Gasteiger partial charge in [0.1, 0.15) is 23.0 Å². The summed E-state index contributed by atoms with van der Waals surface area (Å²) in [6.07, 6.45) is 8.31. The van der Waals surface area contributed by atoms with Gasteiger partial charge in [0.15, 0.2) is 11.6 Å². The highest BCUT2D eigenvalue weighted by molar-refractivity contribution is 5.84. The van der Waals surface area contributed by atoms with Gasteiger partial charge in [0.2, 0.25) is 11.9 Å². The Balaban J connectivity index is 1.28. The number of hydrogen-bond donors (Lipinski definition) is 4. The quantitative estimate of drug-likeness (QED) is 0.321. The standard InChI is InChI=1S/C28H36F3N7O2/c1-17(33-20-7-5-18(6-8-20)27(39)37-10-3-2-4-11-37)34-26-24(15-32)35-28(38(26)21-9-12-40-16-21)36-25-22(30)13-19(29)14-23(25)31/h13-15,18,20-21,32-34H,1-12,16H2,(H,35,36)/t18?,20?,21-/m0/s1. The van der Waals surface area contributed by atoms with Crippen molar-refractivity contribution in [1.29, 1.82) is 5.41 Å². The van der Waals surface area contributed by atoms with Crippen LogP contribution in [0.3, 0.4) is 0 Å². The number of amides is 1. The van der Waals surface area contributed by atoms with E-state index in [1.807, 2.05) is 4.90 Å². The fourth-order valence-electron chi connectivity index (χ4n) is 5.90. The number of nitrogens with one attached hydrogen (secondary N) is 4. The summed E-state index contributed by atoms with van der Waals surface area (Å²) in [5.74, 6) is -1.88. The predicted octanol–water partition coefficient (Wildman–Crippen LogP) is 5.05. The van der Waals surface area contributed by atoms with Gasteiger partial charge in [-0.3, -0.25) is 9.36 Å². The van der Waals surface area contributed by atoms with Crippen molar-refractivity contribution in [1.82, 2.24) is 19.8 Å². The second kappa shape index (κ2) is 12.3. The van der Waals surface area contributed by atoms with Crippen LogP contribution in [0.25, 0.3) is 0 Å². The Hall–Kier alpha value is -3.54. The van der Waals surface area contributed by atoms with Crippen LogP contribution in [0.5, 0.6) is 0 Å². The van der Waals surface area contributed by atoms with E-state index in [0.717, 1.165) is 57.8 Å². The van der Waals surface area contributed by atoms with Crippen molar-refractivity contribution < 1.29 is 22.7 Å².